The summed E-state index contributed by atoms with van der Waals surface area (Å²) in [4.78, 5) is 11.7. The van der Waals surface area contributed by atoms with Crippen molar-refractivity contribution in [3.05, 3.63) is 71.4 Å². The maximum atomic E-state index is 14.6. The molecule has 2 aliphatic rings. The lowest BCUT2D eigenvalue weighted by molar-refractivity contribution is 0.187. The van der Waals surface area contributed by atoms with Crippen LogP contribution in [0.5, 0.6) is 5.88 Å². The van der Waals surface area contributed by atoms with E-state index >= 15 is 0 Å². The first-order valence-electron chi connectivity index (χ1n) is 11.6. The molecule has 4 heterocycles. The summed E-state index contributed by atoms with van der Waals surface area (Å²) in [7, 11) is 1.63. The van der Waals surface area contributed by atoms with Crippen molar-refractivity contribution in [2.24, 2.45) is 11.1 Å². The van der Waals surface area contributed by atoms with Gasteiger partial charge < -0.3 is 15.4 Å². The van der Waals surface area contributed by atoms with E-state index in [2.05, 4.69) is 15.0 Å². The van der Waals surface area contributed by atoms with E-state index in [0.29, 0.717) is 17.1 Å². The van der Waals surface area contributed by atoms with Crippen LogP contribution in [0.4, 0.5) is 10.2 Å². The van der Waals surface area contributed by atoms with Crippen LogP contribution in [0.2, 0.25) is 0 Å². The second kappa shape index (κ2) is 7.77. The van der Waals surface area contributed by atoms with Crippen LogP contribution >= 0.6 is 0 Å². The Kier molecular flexibility index (Phi) is 4.81. The number of benzene rings is 1. The molecule has 0 bridgehead atoms. The third-order valence-corrected chi connectivity index (χ3v) is 7.63. The highest BCUT2D eigenvalue weighted by molar-refractivity contribution is 5.75. The molecular weight excluding hydrogens is 431 g/mol. The molecule has 6 rings (SSSR count). The van der Waals surface area contributed by atoms with Gasteiger partial charge in [-0.2, -0.15) is 5.10 Å². The third kappa shape index (κ3) is 3.09. The Balaban J connectivity index is 1.31. The van der Waals surface area contributed by atoms with Gasteiger partial charge in [0.1, 0.15) is 11.3 Å². The molecule has 2 N–H and O–H groups in total. The van der Waals surface area contributed by atoms with Crippen LogP contribution in [0.3, 0.4) is 0 Å². The molecule has 1 aromatic carbocycles. The van der Waals surface area contributed by atoms with Gasteiger partial charge in [0.25, 0.3) is 0 Å². The summed E-state index contributed by atoms with van der Waals surface area (Å²) in [5.74, 6) is 1.22. The fourth-order valence-corrected chi connectivity index (χ4v) is 5.77. The van der Waals surface area contributed by atoms with Gasteiger partial charge in [-0.1, -0.05) is 12.1 Å². The number of pyridine rings is 1. The first kappa shape index (κ1) is 21.0. The van der Waals surface area contributed by atoms with E-state index in [-0.39, 0.29) is 17.3 Å². The van der Waals surface area contributed by atoms with Crippen molar-refractivity contribution in [2.45, 2.75) is 32.2 Å². The molecule has 0 saturated carbocycles. The molecule has 4 aromatic rings. The zero-order chi connectivity index (χ0) is 23.4. The number of aryl methyl sites for hydroxylation is 1. The summed E-state index contributed by atoms with van der Waals surface area (Å²) in [6, 6.07) is 10.7. The predicted molar refractivity (Wildman–Crippen MR) is 128 cm³/mol. The lowest BCUT2D eigenvalue weighted by Gasteiger charge is -2.42. The van der Waals surface area contributed by atoms with Crippen LogP contribution < -0.4 is 15.4 Å². The lowest BCUT2D eigenvalue weighted by Crippen LogP contribution is -2.44. The number of anilines is 1. The van der Waals surface area contributed by atoms with Crippen LogP contribution in [0.15, 0.2) is 48.8 Å². The number of hydrogen-bond acceptors (Lipinski definition) is 6. The van der Waals surface area contributed by atoms with Crippen LogP contribution in [-0.4, -0.2) is 39.8 Å². The fraction of sp³-hybridized carbons (Fsp3) is 0.346. The molecule has 1 spiro atoms. The van der Waals surface area contributed by atoms with Crippen molar-refractivity contribution in [1.29, 1.82) is 0 Å². The quantitative estimate of drug-likeness (QED) is 0.498. The zero-order valence-corrected chi connectivity index (χ0v) is 19.3. The van der Waals surface area contributed by atoms with Gasteiger partial charge in [0.15, 0.2) is 5.82 Å². The third-order valence-electron chi connectivity index (χ3n) is 7.63. The van der Waals surface area contributed by atoms with Gasteiger partial charge in [-0.25, -0.2) is 18.9 Å². The van der Waals surface area contributed by atoms with E-state index in [4.69, 9.17) is 15.5 Å². The molecule has 0 amide bonds. The van der Waals surface area contributed by atoms with Crippen LogP contribution in [-0.2, 0) is 6.42 Å². The van der Waals surface area contributed by atoms with Gasteiger partial charge >= 0.3 is 0 Å². The second-order valence-corrected chi connectivity index (χ2v) is 9.41. The molecule has 8 heteroatoms. The van der Waals surface area contributed by atoms with Gasteiger partial charge in [0, 0.05) is 37.0 Å². The molecule has 1 fully saturated rings. The summed E-state index contributed by atoms with van der Waals surface area (Å²) >= 11 is 0. The minimum Gasteiger partial charge on any atom is -0.481 e. The average molecular weight is 459 g/mol. The van der Waals surface area contributed by atoms with Crippen molar-refractivity contribution >= 4 is 11.3 Å². The number of aromatic nitrogens is 4. The monoisotopic (exact) mass is 458 g/mol. The predicted octanol–water partition coefficient (Wildman–Crippen LogP) is 4.09. The highest BCUT2D eigenvalue weighted by Gasteiger charge is 2.46. The molecule has 3 aromatic heterocycles. The van der Waals surface area contributed by atoms with Gasteiger partial charge in [-0.05, 0) is 60.9 Å². The molecule has 1 aliphatic heterocycles. The first-order valence-corrected chi connectivity index (χ1v) is 11.6. The highest BCUT2D eigenvalue weighted by Crippen LogP contribution is 2.51. The Bertz CT molecular complexity index is 1390. The largest absolute Gasteiger partial charge is 0.481 e. The second-order valence-electron chi connectivity index (χ2n) is 9.41. The summed E-state index contributed by atoms with van der Waals surface area (Å²) in [6.07, 6.45) is 6.52. The molecule has 7 nitrogen and oxygen atoms in total. The Morgan fingerprint density at radius 1 is 1.18 bits per heavy atom. The Morgan fingerprint density at radius 3 is 2.74 bits per heavy atom. The summed E-state index contributed by atoms with van der Waals surface area (Å²) < 4.78 is 21.7. The maximum Gasteiger partial charge on any atom is 0.213 e. The van der Waals surface area contributed by atoms with Crippen molar-refractivity contribution in [1.82, 2.24) is 19.6 Å². The number of methoxy groups -OCH3 is 1. The van der Waals surface area contributed by atoms with E-state index in [9.17, 15) is 4.39 Å². The van der Waals surface area contributed by atoms with E-state index < -0.39 is 0 Å². The molecule has 174 valence electrons. The van der Waals surface area contributed by atoms with Crippen LogP contribution in [0, 0.1) is 18.2 Å². The normalized spacial score (nSPS) is 19.1. The summed E-state index contributed by atoms with van der Waals surface area (Å²) in [5.41, 5.74) is 12.0. The van der Waals surface area contributed by atoms with Crippen molar-refractivity contribution < 1.29 is 9.13 Å². The van der Waals surface area contributed by atoms with Gasteiger partial charge in [-0.15, -0.1) is 0 Å². The number of ether oxygens (including phenoxy) is 1. The van der Waals surface area contributed by atoms with Crippen LogP contribution in [0.1, 0.15) is 35.7 Å². The van der Waals surface area contributed by atoms with Gasteiger partial charge in [0.2, 0.25) is 5.88 Å². The zero-order valence-electron chi connectivity index (χ0n) is 19.3. The molecule has 34 heavy (non-hydrogen) atoms. The van der Waals surface area contributed by atoms with Crippen molar-refractivity contribution in [3.63, 3.8) is 0 Å². The standard InChI is InChI=1S/C26H27FN6O/c1-16-23(18-5-3-4-6-20(18)27)33-21(7-10-30-33)25(31-16)32-11-8-26(9-12-32)14-17-15-29-22(34-2)13-19(17)24(26)28/h3-7,10,13,15,24H,8-9,11-12,14,28H2,1-2H3/t24-/m1/s1. The number of piperidine rings is 1. The molecule has 1 atom stereocenters. The van der Waals surface area contributed by atoms with Crippen LogP contribution in [0.25, 0.3) is 16.8 Å². The minimum atomic E-state index is -0.280. The number of hydrogen-bond donors (Lipinski definition) is 1. The van der Waals surface area contributed by atoms with Gasteiger partial charge in [0.05, 0.1) is 24.7 Å². The number of nitrogens with zero attached hydrogens (tertiary/aromatic N) is 5. The first-order chi connectivity index (χ1) is 16.5. The highest BCUT2D eigenvalue weighted by atomic mass is 19.1. The molecular formula is C26H27FN6O. The lowest BCUT2D eigenvalue weighted by atomic mass is 9.73. The number of fused-ring (bicyclic) bond motifs is 2. The molecule has 0 radical (unpaired) electrons. The van der Waals surface area contributed by atoms with E-state index in [1.165, 1.54) is 11.6 Å². The molecule has 0 unspecified atom stereocenters. The van der Waals surface area contributed by atoms with Gasteiger partial charge in [-0.3, -0.25) is 0 Å². The summed E-state index contributed by atoms with van der Waals surface area (Å²) in [6.45, 7) is 3.61. The molecule has 1 aliphatic carbocycles. The minimum absolute atomic E-state index is 0.0194. The smallest absolute Gasteiger partial charge is 0.213 e. The fourth-order valence-electron chi connectivity index (χ4n) is 5.77. The SMILES string of the molecule is COc1cc2c(cn1)CC1(CCN(c3nc(C)c(-c4ccccc4F)n4nccc34)CC1)[C@@H]2N. The number of rotatable bonds is 3. The number of halogens is 1. The summed E-state index contributed by atoms with van der Waals surface area (Å²) in [5, 5.41) is 4.52. The van der Waals surface area contributed by atoms with Crippen molar-refractivity contribution in [2.75, 3.05) is 25.1 Å². The average Bonchev–Trinajstić information content (AvgIpc) is 3.43. The van der Waals surface area contributed by atoms with E-state index in [0.717, 1.165) is 54.9 Å². The van der Waals surface area contributed by atoms with E-state index in [1.807, 2.05) is 35.8 Å². The Hall–Kier alpha value is -3.52. The Morgan fingerprint density at radius 2 is 1.97 bits per heavy atom. The van der Waals surface area contributed by atoms with E-state index in [1.54, 1.807) is 25.4 Å². The topological polar surface area (TPSA) is 81.6 Å². The maximum absolute atomic E-state index is 14.6. The number of nitrogens with two attached hydrogens (primary N) is 1. The molecule has 1 saturated heterocycles. The van der Waals surface area contributed by atoms with Crippen molar-refractivity contribution in [3.8, 4) is 17.1 Å². The Labute approximate surface area is 197 Å².